The van der Waals surface area contributed by atoms with Crippen LogP contribution in [0.3, 0.4) is 0 Å². The molecule has 0 atom stereocenters. The molecule has 1 aromatic heterocycles. The smallest absolute Gasteiger partial charge is 0.292 e. The summed E-state index contributed by atoms with van der Waals surface area (Å²) in [5.41, 5.74) is 6.06. The molecule has 0 aliphatic carbocycles. The lowest BCUT2D eigenvalue weighted by molar-refractivity contribution is -0.383. The number of aromatic nitrogens is 1. The number of carbonyl (C=O) groups is 1. The first-order valence-electron chi connectivity index (χ1n) is 5.71. The number of amides is 1. The van der Waals surface area contributed by atoms with E-state index in [4.69, 9.17) is 5.73 Å². The molecule has 0 bridgehead atoms. The first kappa shape index (κ1) is 13.9. The highest BCUT2D eigenvalue weighted by Crippen LogP contribution is 2.24. The van der Waals surface area contributed by atoms with E-state index in [2.05, 4.69) is 10.3 Å². The van der Waals surface area contributed by atoms with E-state index in [1.165, 1.54) is 29.5 Å². The Balaban J connectivity index is 2.13. The lowest BCUT2D eigenvalue weighted by Crippen LogP contribution is -2.24. The Kier molecular flexibility index (Phi) is 3.94. The van der Waals surface area contributed by atoms with Gasteiger partial charge in [0, 0.05) is 11.4 Å². The van der Waals surface area contributed by atoms with Crippen molar-refractivity contribution in [2.24, 2.45) is 0 Å². The van der Waals surface area contributed by atoms with Gasteiger partial charge in [-0.25, -0.2) is 4.98 Å². The van der Waals surface area contributed by atoms with Crippen molar-refractivity contribution in [1.29, 1.82) is 0 Å². The summed E-state index contributed by atoms with van der Waals surface area (Å²) in [6.45, 7) is 2.12. The van der Waals surface area contributed by atoms with Crippen LogP contribution in [0.15, 0.2) is 23.6 Å². The molecule has 1 heterocycles. The van der Waals surface area contributed by atoms with Crippen LogP contribution in [-0.2, 0) is 6.54 Å². The maximum atomic E-state index is 12.0. The monoisotopic (exact) mass is 292 g/mol. The number of nitro benzene ring substituents is 1. The highest BCUT2D eigenvalue weighted by atomic mass is 32.1. The second kappa shape index (κ2) is 5.66. The summed E-state index contributed by atoms with van der Waals surface area (Å²) in [6.07, 6.45) is 0. The van der Waals surface area contributed by atoms with Crippen LogP contribution in [-0.4, -0.2) is 15.8 Å². The third kappa shape index (κ3) is 2.91. The highest BCUT2D eigenvalue weighted by molar-refractivity contribution is 7.09. The normalized spacial score (nSPS) is 10.2. The molecule has 0 aliphatic heterocycles. The van der Waals surface area contributed by atoms with Gasteiger partial charge in [0.05, 0.1) is 27.7 Å². The minimum absolute atomic E-state index is 0.0890. The predicted octanol–water partition coefficient (Wildman–Crippen LogP) is 1.87. The molecule has 1 aromatic carbocycles. The predicted molar refractivity (Wildman–Crippen MR) is 75.5 cm³/mol. The van der Waals surface area contributed by atoms with Crippen molar-refractivity contribution in [3.05, 3.63) is 50.0 Å². The van der Waals surface area contributed by atoms with Crippen LogP contribution in [0.4, 0.5) is 11.4 Å². The van der Waals surface area contributed by atoms with E-state index in [1.807, 2.05) is 12.3 Å². The van der Waals surface area contributed by atoms with E-state index in [-0.39, 0.29) is 23.5 Å². The number of nitrogens with one attached hydrogen (secondary N) is 1. The van der Waals surface area contributed by atoms with Gasteiger partial charge in [0.25, 0.3) is 11.6 Å². The number of nitro groups is 1. The molecular formula is C12H12N4O3S. The first-order valence-corrected chi connectivity index (χ1v) is 6.59. The van der Waals surface area contributed by atoms with Gasteiger partial charge in [-0.15, -0.1) is 11.3 Å². The number of para-hydroxylation sites is 1. The van der Waals surface area contributed by atoms with Crippen LogP contribution in [0.25, 0.3) is 0 Å². The fourth-order valence-corrected chi connectivity index (χ4v) is 2.28. The van der Waals surface area contributed by atoms with Crippen LogP contribution < -0.4 is 11.1 Å². The van der Waals surface area contributed by atoms with E-state index in [0.29, 0.717) is 0 Å². The third-order valence-electron chi connectivity index (χ3n) is 2.62. The summed E-state index contributed by atoms with van der Waals surface area (Å²) in [7, 11) is 0. The van der Waals surface area contributed by atoms with Crippen LogP contribution in [0.2, 0.25) is 0 Å². The Hall–Kier alpha value is -2.48. The van der Waals surface area contributed by atoms with Gasteiger partial charge in [-0.05, 0) is 13.0 Å². The number of thiazole rings is 1. The summed E-state index contributed by atoms with van der Waals surface area (Å²) in [5, 5.41) is 16.1. The van der Waals surface area contributed by atoms with Crippen molar-refractivity contribution in [3.63, 3.8) is 0 Å². The fraction of sp³-hybridized carbons (Fsp3) is 0.167. The van der Waals surface area contributed by atoms with E-state index in [0.717, 1.165) is 10.7 Å². The average Bonchev–Trinajstić information content (AvgIpc) is 2.81. The average molecular weight is 292 g/mol. The molecule has 7 nitrogen and oxygen atoms in total. The number of hydrogen-bond acceptors (Lipinski definition) is 6. The van der Waals surface area contributed by atoms with Crippen LogP contribution >= 0.6 is 11.3 Å². The Morgan fingerprint density at radius 1 is 1.55 bits per heavy atom. The van der Waals surface area contributed by atoms with Crippen molar-refractivity contribution in [3.8, 4) is 0 Å². The minimum atomic E-state index is -0.615. The number of nitrogen functional groups attached to an aromatic ring is 1. The molecule has 1 amide bonds. The molecule has 0 saturated carbocycles. The van der Waals surface area contributed by atoms with Gasteiger partial charge in [0.15, 0.2) is 0 Å². The summed E-state index contributed by atoms with van der Waals surface area (Å²) in [6, 6.07) is 4.14. The van der Waals surface area contributed by atoms with E-state index in [1.54, 1.807) is 0 Å². The number of nitrogens with two attached hydrogens (primary N) is 1. The Morgan fingerprint density at radius 2 is 2.30 bits per heavy atom. The lowest BCUT2D eigenvalue weighted by Gasteiger charge is -2.06. The van der Waals surface area contributed by atoms with Gasteiger partial charge >= 0.3 is 0 Å². The Morgan fingerprint density at radius 3 is 2.90 bits per heavy atom. The van der Waals surface area contributed by atoms with Crippen molar-refractivity contribution in [2.45, 2.75) is 13.5 Å². The summed E-state index contributed by atoms with van der Waals surface area (Å²) in [4.78, 5) is 26.3. The molecule has 0 saturated heterocycles. The zero-order valence-corrected chi connectivity index (χ0v) is 11.4. The van der Waals surface area contributed by atoms with Gasteiger partial charge in [0.1, 0.15) is 5.69 Å². The van der Waals surface area contributed by atoms with Crippen LogP contribution in [0, 0.1) is 17.0 Å². The molecule has 3 N–H and O–H groups in total. The summed E-state index contributed by atoms with van der Waals surface area (Å²) < 4.78 is 0. The molecular weight excluding hydrogens is 280 g/mol. The maximum Gasteiger partial charge on any atom is 0.292 e. The first-order chi connectivity index (χ1) is 9.49. The van der Waals surface area contributed by atoms with Crippen molar-refractivity contribution >= 4 is 28.6 Å². The minimum Gasteiger partial charge on any atom is -0.393 e. The highest BCUT2D eigenvalue weighted by Gasteiger charge is 2.18. The van der Waals surface area contributed by atoms with E-state index in [9.17, 15) is 14.9 Å². The standard InChI is InChI=1S/C12H12N4O3S/c1-7-15-8(6-20-7)5-14-12(17)9-3-2-4-10(11(9)13)16(18)19/h2-4,6H,5,13H2,1H3,(H,14,17). The number of carbonyl (C=O) groups excluding carboxylic acids is 1. The molecule has 8 heteroatoms. The number of benzene rings is 1. The van der Waals surface area contributed by atoms with Crippen molar-refractivity contribution < 1.29 is 9.72 Å². The molecule has 104 valence electrons. The number of anilines is 1. The number of aryl methyl sites for hydroxylation is 1. The topological polar surface area (TPSA) is 111 Å². The van der Waals surface area contributed by atoms with Crippen molar-refractivity contribution in [1.82, 2.24) is 10.3 Å². The molecule has 0 aliphatic rings. The van der Waals surface area contributed by atoms with Gasteiger partial charge < -0.3 is 11.1 Å². The molecule has 2 rings (SSSR count). The summed E-state index contributed by atoms with van der Waals surface area (Å²) >= 11 is 1.48. The molecule has 0 radical (unpaired) electrons. The van der Waals surface area contributed by atoms with Crippen LogP contribution in [0.1, 0.15) is 21.1 Å². The number of nitrogens with zero attached hydrogens (tertiary/aromatic N) is 2. The second-order valence-electron chi connectivity index (χ2n) is 4.04. The van der Waals surface area contributed by atoms with Crippen LogP contribution in [0.5, 0.6) is 0 Å². The zero-order valence-electron chi connectivity index (χ0n) is 10.6. The van der Waals surface area contributed by atoms with Gasteiger partial charge in [0.2, 0.25) is 0 Å². The fourth-order valence-electron chi connectivity index (χ4n) is 1.67. The molecule has 0 fully saturated rings. The third-order valence-corrected chi connectivity index (χ3v) is 3.44. The molecule has 0 spiro atoms. The molecule has 2 aromatic rings. The number of rotatable bonds is 4. The SMILES string of the molecule is Cc1nc(CNC(=O)c2cccc([N+](=O)[O-])c2N)cs1. The molecule has 20 heavy (non-hydrogen) atoms. The summed E-state index contributed by atoms with van der Waals surface area (Å²) in [5.74, 6) is -0.461. The van der Waals surface area contributed by atoms with Gasteiger partial charge in [-0.3, -0.25) is 14.9 Å². The Bertz CT molecular complexity index is 668. The Labute approximate surface area is 118 Å². The van der Waals surface area contributed by atoms with E-state index < -0.39 is 10.8 Å². The van der Waals surface area contributed by atoms with E-state index >= 15 is 0 Å². The lowest BCUT2D eigenvalue weighted by atomic mass is 10.1. The number of hydrogen-bond donors (Lipinski definition) is 2. The second-order valence-corrected chi connectivity index (χ2v) is 5.10. The zero-order chi connectivity index (χ0) is 14.7. The quantitative estimate of drug-likeness (QED) is 0.507. The van der Waals surface area contributed by atoms with Gasteiger partial charge in [-0.2, -0.15) is 0 Å². The largest absolute Gasteiger partial charge is 0.393 e. The van der Waals surface area contributed by atoms with Gasteiger partial charge in [-0.1, -0.05) is 6.07 Å². The molecule has 0 unspecified atom stereocenters. The maximum absolute atomic E-state index is 12.0. The van der Waals surface area contributed by atoms with Crippen molar-refractivity contribution in [2.75, 3.05) is 5.73 Å².